The number of nitrogens with one attached hydrogen (secondary N) is 1. The van der Waals surface area contributed by atoms with E-state index in [4.69, 9.17) is 32.9 Å². The molecule has 0 spiro atoms. The number of nitrogens with zero attached hydrogens (tertiary/aromatic N) is 4. The molecule has 0 aliphatic heterocycles. The van der Waals surface area contributed by atoms with Crippen molar-refractivity contribution in [3.05, 3.63) is 112 Å². The Labute approximate surface area is 251 Å². The van der Waals surface area contributed by atoms with Crippen molar-refractivity contribution in [2.75, 3.05) is 26.2 Å². The van der Waals surface area contributed by atoms with Gasteiger partial charge in [-0.15, -0.1) is 0 Å². The van der Waals surface area contributed by atoms with Gasteiger partial charge in [0.15, 0.2) is 6.10 Å². The van der Waals surface area contributed by atoms with Gasteiger partial charge >= 0.3 is 0 Å². The number of aromatic nitrogens is 3. The molecule has 0 radical (unpaired) electrons. The maximum Gasteiger partial charge on any atom is 0.214 e. The van der Waals surface area contributed by atoms with Crippen LogP contribution in [0.3, 0.4) is 0 Å². The van der Waals surface area contributed by atoms with Gasteiger partial charge in [0.05, 0.1) is 23.7 Å². The molecule has 0 saturated heterocycles. The number of pyridine rings is 1. The highest BCUT2D eigenvalue weighted by Crippen LogP contribution is 2.35. The Morgan fingerprint density at radius 2 is 1.71 bits per heavy atom. The number of hydrogen-bond donors (Lipinski definition) is 1. The quantitative estimate of drug-likeness (QED) is 0.153. The predicted molar refractivity (Wildman–Crippen MR) is 169 cm³/mol. The summed E-state index contributed by atoms with van der Waals surface area (Å²) in [6, 6.07) is 24.2. The molecule has 41 heavy (non-hydrogen) atoms. The maximum atomic E-state index is 6.54. The van der Waals surface area contributed by atoms with Crippen molar-refractivity contribution in [1.82, 2.24) is 24.8 Å². The zero-order valence-electron chi connectivity index (χ0n) is 23.6. The molecule has 0 bridgehead atoms. The van der Waals surface area contributed by atoms with E-state index >= 15 is 0 Å². The molecule has 6 nitrogen and oxygen atoms in total. The number of ether oxygens (including phenoxy) is 1. The second kappa shape index (κ2) is 13.5. The lowest BCUT2D eigenvalue weighted by molar-refractivity contribution is 0.229. The summed E-state index contributed by atoms with van der Waals surface area (Å²) in [5.41, 5.74) is 6.01. The molecule has 1 unspecified atom stereocenters. The van der Waals surface area contributed by atoms with E-state index in [1.54, 1.807) is 12.5 Å². The third-order valence-electron chi connectivity index (χ3n) is 7.31. The highest BCUT2D eigenvalue weighted by atomic mass is 35.5. The Balaban J connectivity index is 1.55. The minimum Gasteiger partial charge on any atom is -0.465 e. The van der Waals surface area contributed by atoms with E-state index in [0.29, 0.717) is 22.5 Å². The molecule has 0 saturated carbocycles. The monoisotopic (exact) mass is 587 g/mol. The van der Waals surface area contributed by atoms with Crippen molar-refractivity contribution in [3.63, 3.8) is 0 Å². The number of likely N-dealkylation sites (N-methyl/N-ethyl adjacent to an activating group) is 1. The van der Waals surface area contributed by atoms with Crippen LogP contribution in [0.25, 0.3) is 22.0 Å². The molecule has 0 fully saturated rings. The van der Waals surface area contributed by atoms with Crippen LogP contribution >= 0.6 is 23.2 Å². The van der Waals surface area contributed by atoms with Gasteiger partial charge in [-0.25, -0.2) is 4.98 Å². The number of fused-ring (bicyclic) bond motifs is 1. The lowest BCUT2D eigenvalue weighted by Gasteiger charge is -2.21. The zero-order valence-corrected chi connectivity index (χ0v) is 25.2. The van der Waals surface area contributed by atoms with E-state index < -0.39 is 0 Å². The van der Waals surface area contributed by atoms with Crippen molar-refractivity contribution in [3.8, 4) is 17.0 Å². The Morgan fingerprint density at radius 1 is 0.927 bits per heavy atom. The van der Waals surface area contributed by atoms with Gasteiger partial charge in [0.25, 0.3) is 0 Å². The van der Waals surface area contributed by atoms with Gasteiger partial charge in [0.2, 0.25) is 5.88 Å². The van der Waals surface area contributed by atoms with Gasteiger partial charge in [-0.2, -0.15) is 0 Å². The van der Waals surface area contributed by atoms with Crippen LogP contribution in [0.1, 0.15) is 36.8 Å². The predicted octanol–water partition coefficient (Wildman–Crippen LogP) is 7.54. The molecule has 0 amide bonds. The van der Waals surface area contributed by atoms with E-state index in [0.717, 1.165) is 65.0 Å². The average Bonchev–Trinajstić information content (AvgIpc) is 3.40. The molecule has 8 heteroatoms. The number of aryl methyl sites for hydroxylation is 1. The van der Waals surface area contributed by atoms with Gasteiger partial charge in [0.1, 0.15) is 0 Å². The third-order valence-corrected chi connectivity index (χ3v) is 7.80. The van der Waals surface area contributed by atoms with Crippen molar-refractivity contribution in [1.29, 1.82) is 0 Å². The van der Waals surface area contributed by atoms with E-state index in [-0.39, 0.29) is 6.10 Å². The van der Waals surface area contributed by atoms with Crippen molar-refractivity contribution in [2.45, 2.75) is 26.5 Å². The number of hydrogen-bond acceptors (Lipinski definition) is 5. The first-order valence-corrected chi connectivity index (χ1v) is 14.7. The summed E-state index contributed by atoms with van der Waals surface area (Å²) in [5, 5.41) is 5.98. The summed E-state index contributed by atoms with van der Waals surface area (Å²) in [5.74, 6) is 0.671. The zero-order chi connectivity index (χ0) is 28.8. The van der Waals surface area contributed by atoms with Gasteiger partial charge in [-0.3, -0.25) is 4.98 Å². The molecular formula is C33H35Cl2N5O. The number of halogens is 2. The topological polar surface area (TPSA) is 55.2 Å². The highest BCUT2D eigenvalue weighted by Gasteiger charge is 2.20. The maximum absolute atomic E-state index is 6.54. The first kappa shape index (κ1) is 29.1. The molecule has 5 aromatic rings. The lowest BCUT2D eigenvalue weighted by Crippen LogP contribution is -2.31. The van der Waals surface area contributed by atoms with Crippen LogP contribution < -0.4 is 10.1 Å². The van der Waals surface area contributed by atoms with E-state index in [1.165, 1.54) is 0 Å². The average molecular weight is 589 g/mol. The molecular weight excluding hydrogens is 553 g/mol. The molecule has 1 N–H and O–H groups in total. The van der Waals surface area contributed by atoms with Gasteiger partial charge < -0.3 is 19.5 Å². The summed E-state index contributed by atoms with van der Waals surface area (Å²) in [7, 11) is 1.92. The molecule has 5 rings (SSSR count). The Bertz CT molecular complexity index is 1600. The van der Waals surface area contributed by atoms with Crippen molar-refractivity contribution in [2.24, 2.45) is 7.05 Å². The van der Waals surface area contributed by atoms with Crippen LogP contribution in [0.4, 0.5) is 0 Å². The van der Waals surface area contributed by atoms with E-state index in [9.17, 15) is 0 Å². The normalized spacial score (nSPS) is 12.2. The second-order valence-corrected chi connectivity index (χ2v) is 10.9. The van der Waals surface area contributed by atoms with Gasteiger partial charge in [-0.1, -0.05) is 67.4 Å². The van der Waals surface area contributed by atoms with Crippen molar-refractivity contribution >= 4 is 34.1 Å². The van der Waals surface area contributed by atoms with Crippen LogP contribution in [0.5, 0.6) is 5.88 Å². The molecule has 2 aromatic heterocycles. The molecule has 212 valence electrons. The van der Waals surface area contributed by atoms with Crippen LogP contribution in [-0.2, 0) is 13.6 Å². The summed E-state index contributed by atoms with van der Waals surface area (Å²) >= 11 is 12.7. The Hall–Kier alpha value is -3.42. The summed E-state index contributed by atoms with van der Waals surface area (Å²) < 4.78 is 8.40. The summed E-state index contributed by atoms with van der Waals surface area (Å²) in [4.78, 5) is 11.7. The third kappa shape index (κ3) is 7.08. The molecule has 0 aliphatic carbocycles. The van der Waals surface area contributed by atoms with Gasteiger partial charge in [0, 0.05) is 42.1 Å². The first-order valence-electron chi connectivity index (χ1n) is 14.0. The molecule has 3 aromatic carbocycles. The number of rotatable bonds is 12. The minimum absolute atomic E-state index is 0.374. The smallest absolute Gasteiger partial charge is 0.214 e. The fourth-order valence-electron chi connectivity index (χ4n) is 4.99. The lowest BCUT2D eigenvalue weighted by atomic mass is 9.95. The summed E-state index contributed by atoms with van der Waals surface area (Å²) in [6.07, 6.45) is 3.08. The first-order chi connectivity index (χ1) is 19.9. The molecule has 0 aliphatic rings. The minimum atomic E-state index is -0.374. The van der Waals surface area contributed by atoms with Crippen LogP contribution in [0.2, 0.25) is 10.0 Å². The molecule has 2 heterocycles. The van der Waals surface area contributed by atoms with Crippen LogP contribution in [0.15, 0.2) is 85.3 Å². The highest BCUT2D eigenvalue weighted by molar-refractivity contribution is 6.31. The Kier molecular flexibility index (Phi) is 9.57. The molecule has 1 atom stereocenters. The van der Waals surface area contributed by atoms with Crippen LogP contribution in [-0.4, -0.2) is 45.6 Å². The number of imidazole rings is 1. The standard InChI is InChI=1S/C33H35Cl2N5O/c1-4-40(5-2)16-15-36-20-28-19-29(24-7-6-8-27(35)17-24)30-18-25(11-14-31(30)38-28)33(23-9-12-26(34)13-10-23)41-32-21-37-22-39(32)3/h6-14,17-19,21-22,33,36H,4-5,15-16,20H2,1-3H3. The largest absolute Gasteiger partial charge is 0.465 e. The SMILES string of the molecule is CCN(CC)CCNCc1cc(-c2cccc(Cl)c2)c2cc(C(Oc3cncn3C)c3ccc(Cl)cc3)ccc2n1. The fraction of sp³-hybridized carbons (Fsp3) is 0.273. The second-order valence-electron chi connectivity index (χ2n) is 10.0. The van der Waals surface area contributed by atoms with E-state index in [2.05, 4.69) is 59.4 Å². The van der Waals surface area contributed by atoms with Gasteiger partial charge in [-0.05, 0) is 77.8 Å². The Morgan fingerprint density at radius 3 is 2.41 bits per heavy atom. The van der Waals surface area contributed by atoms with E-state index in [1.807, 2.05) is 54.1 Å². The fourth-order valence-corrected chi connectivity index (χ4v) is 5.30. The van der Waals surface area contributed by atoms with Crippen molar-refractivity contribution < 1.29 is 4.74 Å². The summed E-state index contributed by atoms with van der Waals surface area (Å²) in [6.45, 7) is 9.08. The number of benzene rings is 3. The van der Waals surface area contributed by atoms with Crippen LogP contribution in [0, 0.1) is 0 Å².